The molecule has 0 aliphatic carbocycles. The Balaban J connectivity index is 1.79. The molecule has 1 aromatic carbocycles. The van der Waals surface area contributed by atoms with Crippen molar-refractivity contribution >= 4 is 62.5 Å². The van der Waals surface area contributed by atoms with Crippen molar-refractivity contribution < 1.29 is 36.3 Å². The smallest absolute Gasteiger partial charge is 0.365 e. The number of thiophene rings is 1. The first-order valence-electron chi connectivity index (χ1n) is 9.61. The molecule has 1 aliphatic rings. The maximum Gasteiger partial charge on any atom is 0.417 e. The van der Waals surface area contributed by atoms with Gasteiger partial charge < -0.3 is 16.0 Å². The molecular weight excluding hydrogens is 521 g/mol. The van der Waals surface area contributed by atoms with Crippen molar-refractivity contribution in [3.05, 3.63) is 51.4 Å². The first-order chi connectivity index (χ1) is 16.3. The number of hydrogen-bond acceptors (Lipinski definition) is 5. The number of urea groups is 1. The zero-order valence-electron chi connectivity index (χ0n) is 17.4. The Bertz CT molecular complexity index is 1400. The lowest BCUT2D eigenvalue weighted by atomic mass is 10.1. The highest BCUT2D eigenvalue weighted by molar-refractivity contribution is 7.20. The lowest BCUT2D eigenvalue weighted by Crippen LogP contribution is -2.47. The zero-order chi connectivity index (χ0) is 25.8. The van der Waals surface area contributed by atoms with Crippen LogP contribution in [-0.4, -0.2) is 42.5 Å². The third-order valence-electron chi connectivity index (χ3n) is 5.26. The molecule has 0 spiro atoms. The summed E-state index contributed by atoms with van der Waals surface area (Å²) in [5.74, 6) is -4.69. The fourth-order valence-electron chi connectivity index (χ4n) is 3.56. The molecule has 3 N–H and O–H groups in total. The number of amides is 4. The predicted octanol–water partition coefficient (Wildman–Crippen LogP) is 3.91. The summed E-state index contributed by atoms with van der Waals surface area (Å²) in [5.41, 5.74) is 3.57. The van der Waals surface area contributed by atoms with E-state index in [0.29, 0.717) is 22.3 Å². The number of benzene rings is 1. The van der Waals surface area contributed by atoms with E-state index in [1.165, 1.54) is 0 Å². The number of carbonyl (C=O) groups is 3. The normalized spacial score (nSPS) is 16.0. The highest BCUT2D eigenvalue weighted by Gasteiger charge is 2.42. The first kappa shape index (κ1) is 24.6. The van der Waals surface area contributed by atoms with Crippen LogP contribution >= 0.6 is 22.9 Å². The average Bonchev–Trinajstić information content (AvgIpc) is 3.39. The molecule has 8 nitrogen and oxygen atoms in total. The summed E-state index contributed by atoms with van der Waals surface area (Å²) < 4.78 is 69.3. The number of carbonyl (C=O) groups excluding carboxylic acids is 3. The van der Waals surface area contributed by atoms with E-state index >= 15 is 0 Å². The summed E-state index contributed by atoms with van der Waals surface area (Å²) in [5, 5.41) is 1.08. The number of nitrogens with zero attached hydrogens (tertiary/aromatic N) is 3. The molecule has 1 atom stereocenters. The van der Waals surface area contributed by atoms with Crippen LogP contribution in [0.5, 0.6) is 0 Å². The minimum absolute atomic E-state index is 0.183. The molecular formula is C20H13ClF5N5O3S. The Hall–Kier alpha value is -3.52. The van der Waals surface area contributed by atoms with E-state index in [1.807, 2.05) is 0 Å². The minimum atomic E-state index is -4.90. The molecule has 1 aliphatic heterocycles. The summed E-state index contributed by atoms with van der Waals surface area (Å²) in [6.45, 7) is -0.337. The molecule has 2 aromatic heterocycles. The fourth-order valence-corrected chi connectivity index (χ4v) is 4.62. The summed E-state index contributed by atoms with van der Waals surface area (Å²) in [6, 6.07) is 0.937. The molecule has 1 saturated heterocycles. The van der Waals surface area contributed by atoms with Gasteiger partial charge in [0.05, 0.1) is 16.1 Å². The first-order valence-corrected chi connectivity index (χ1v) is 10.8. The number of rotatable bonds is 4. The van der Waals surface area contributed by atoms with Gasteiger partial charge in [0.15, 0.2) is 5.82 Å². The number of primary amides is 1. The van der Waals surface area contributed by atoms with Gasteiger partial charge in [-0.05, 0) is 24.3 Å². The van der Waals surface area contributed by atoms with Crippen LogP contribution in [0.2, 0.25) is 5.02 Å². The Kier molecular flexibility index (Phi) is 6.05. The van der Waals surface area contributed by atoms with E-state index in [2.05, 4.69) is 10.3 Å². The number of fused-ring (bicyclic) bond motifs is 1. The van der Waals surface area contributed by atoms with Crippen LogP contribution in [-0.2, 0) is 11.0 Å². The van der Waals surface area contributed by atoms with Gasteiger partial charge >= 0.3 is 12.2 Å². The van der Waals surface area contributed by atoms with E-state index in [-0.39, 0.29) is 16.3 Å². The SMILES string of the molecule is CN(C(=O)[C@@H]1CNC(=O)N1c1cc(C(F)(F)F)c2cc(C(N)=O)sc2n1)c1ccc(F)c(Cl)c1F. The Morgan fingerprint density at radius 1 is 1.29 bits per heavy atom. The average molecular weight is 534 g/mol. The molecule has 3 heterocycles. The second-order valence-electron chi connectivity index (χ2n) is 7.38. The van der Waals surface area contributed by atoms with Crippen LogP contribution in [0, 0.1) is 11.6 Å². The molecule has 184 valence electrons. The largest absolute Gasteiger partial charge is 0.417 e. The lowest BCUT2D eigenvalue weighted by molar-refractivity contribution is -0.136. The van der Waals surface area contributed by atoms with Crippen LogP contribution < -0.4 is 20.9 Å². The van der Waals surface area contributed by atoms with Gasteiger partial charge in [-0.25, -0.2) is 18.6 Å². The van der Waals surface area contributed by atoms with Gasteiger partial charge in [-0.3, -0.25) is 14.5 Å². The number of anilines is 2. The van der Waals surface area contributed by atoms with Crippen LogP contribution in [0.25, 0.3) is 10.2 Å². The van der Waals surface area contributed by atoms with E-state index in [0.717, 1.165) is 30.1 Å². The topological polar surface area (TPSA) is 109 Å². The maximum absolute atomic E-state index is 14.4. The molecule has 1 fully saturated rings. The van der Waals surface area contributed by atoms with Crippen molar-refractivity contribution in [3.8, 4) is 0 Å². The molecule has 3 aromatic rings. The van der Waals surface area contributed by atoms with Crippen LogP contribution in [0.15, 0.2) is 24.3 Å². The number of likely N-dealkylation sites (N-methyl/N-ethyl adjacent to an activating group) is 1. The van der Waals surface area contributed by atoms with Crippen molar-refractivity contribution in [1.29, 1.82) is 0 Å². The van der Waals surface area contributed by atoms with Crippen LogP contribution in [0.1, 0.15) is 15.2 Å². The molecule has 35 heavy (non-hydrogen) atoms. The van der Waals surface area contributed by atoms with Crippen molar-refractivity contribution in [1.82, 2.24) is 10.3 Å². The Labute approximate surface area is 202 Å². The van der Waals surface area contributed by atoms with Gasteiger partial charge in [-0.1, -0.05) is 11.6 Å². The van der Waals surface area contributed by atoms with Gasteiger partial charge in [0.1, 0.15) is 27.5 Å². The van der Waals surface area contributed by atoms with Gasteiger partial charge in [0, 0.05) is 19.0 Å². The third kappa shape index (κ3) is 4.23. The molecule has 0 unspecified atom stereocenters. The number of nitrogens with one attached hydrogen (secondary N) is 1. The number of aromatic nitrogens is 1. The van der Waals surface area contributed by atoms with E-state index in [1.54, 1.807) is 0 Å². The summed E-state index contributed by atoms with van der Waals surface area (Å²) >= 11 is 6.15. The number of halogens is 6. The number of pyridine rings is 1. The van der Waals surface area contributed by atoms with E-state index in [9.17, 15) is 36.3 Å². The van der Waals surface area contributed by atoms with Gasteiger partial charge in [0.2, 0.25) is 0 Å². The third-order valence-corrected chi connectivity index (χ3v) is 6.65. The molecule has 0 saturated carbocycles. The van der Waals surface area contributed by atoms with Gasteiger partial charge in [0.25, 0.3) is 11.8 Å². The van der Waals surface area contributed by atoms with Crippen molar-refractivity contribution in [2.45, 2.75) is 12.2 Å². The fraction of sp³-hybridized carbons (Fsp3) is 0.200. The van der Waals surface area contributed by atoms with E-state index < -0.39 is 69.2 Å². The van der Waals surface area contributed by atoms with Crippen molar-refractivity contribution in [3.63, 3.8) is 0 Å². The van der Waals surface area contributed by atoms with Crippen molar-refractivity contribution in [2.24, 2.45) is 5.73 Å². The minimum Gasteiger partial charge on any atom is -0.365 e. The van der Waals surface area contributed by atoms with E-state index in [4.69, 9.17) is 17.3 Å². The summed E-state index contributed by atoms with van der Waals surface area (Å²) in [7, 11) is 1.13. The molecule has 4 amide bonds. The maximum atomic E-state index is 14.4. The van der Waals surface area contributed by atoms with Crippen LogP contribution in [0.4, 0.5) is 38.3 Å². The number of nitrogens with two attached hydrogens (primary N) is 1. The summed E-state index contributed by atoms with van der Waals surface area (Å²) in [6.07, 6.45) is -4.90. The van der Waals surface area contributed by atoms with Crippen LogP contribution in [0.3, 0.4) is 0 Å². The second-order valence-corrected chi connectivity index (χ2v) is 8.79. The standard InChI is InChI=1S/C20H13ClF5N5O3S/c1-30(10-3-2-9(22)14(21)15(10)23)18(33)11-6-28-19(34)31(11)13-5-8(20(24,25)26)7-4-12(16(27)32)35-17(7)29-13/h2-5,11H,6H2,1H3,(H2,27,32)(H,28,34)/t11-/m0/s1. The molecule has 0 bridgehead atoms. The quantitative estimate of drug-likeness (QED) is 0.391. The highest BCUT2D eigenvalue weighted by Crippen LogP contribution is 2.40. The molecule has 0 radical (unpaired) electrons. The number of alkyl halides is 3. The molecule has 4 rings (SSSR count). The Morgan fingerprint density at radius 2 is 1.97 bits per heavy atom. The second kappa shape index (κ2) is 8.61. The zero-order valence-corrected chi connectivity index (χ0v) is 19.0. The predicted molar refractivity (Wildman–Crippen MR) is 118 cm³/mol. The van der Waals surface area contributed by atoms with Gasteiger partial charge in [-0.2, -0.15) is 13.2 Å². The highest BCUT2D eigenvalue weighted by atomic mass is 35.5. The summed E-state index contributed by atoms with van der Waals surface area (Å²) in [4.78, 5) is 42.2. The molecule has 15 heteroatoms. The van der Waals surface area contributed by atoms with Gasteiger partial charge in [-0.15, -0.1) is 11.3 Å². The number of hydrogen-bond donors (Lipinski definition) is 2. The monoisotopic (exact) mass is 533 g/mol. The van der Waals surface area contributed by atoms with Crippen molar-refractivity contribution in [2.75, 3.05) is 23.4 Å². The lowest BCUT2D eigenvalue weighted by Gasteiger charge is -2.27. The Morgan fingerprint density at radius 3 is 2.60 bits per heavy atom.